The Kier molecular flexibility index (Phi) is 7.16. The van der Waals surface area contributed by atoms with E-state index in [1.165, 1.54) is 6.26 Å². The molecule has 0 radical (unpaired) electrons. The molecule has 0 saturated heterocycles. The summed E-state index contributed by atoms with van der Waals surface area (Å²) in [5.74, 6) is -0.0214. The van der Waals surface area contributed by atoms with Gasteiger partial charge in [0.2, 0.25) is 0 Å². The molecule has 0 fully saturated rings. The minimum atomic E-state index is -1.56. The molecule has 0 amide bonds. The van der Waals surface area contributed by atoms with E-state index in [0.717, 1.165) is 11.1 Å². The molecule has 2 aromatic carbocycles. The summed E-state index contributed by atoms with van der Waals surface area (Å²) in [4.78, 5) is 13.4. The Morgan fingerprint density at radius 1 is 1.10 bits per heavy atom. The van der Waals surface area contributed by atoms with Crippen molar-refractivity contribution in [2.75, 3.05) is 6.61 Å². The second kappa shape index (κ2) is 10.0. The molecule has 0 aliphatic carbocycles. The van der Waals surface area contributed by atoms with Crippen LogP contribution in [0, 0.1) is 6.92 Å². The Labute approximate surface area is 173 Å². The Bertz CT molecular complexity index is 979. The minimum Gasteiger partial charge on any atom is -0.467 e. The van der Waals surface area contributed by atoms with Gasteiger partial charge >= 0.3 is 5.97 Å². The highest BCUT2D eigenvalue weighted by Gasteiger charge is 2.28. The fourth-order valence-corrected chi connectivity index (χ4v) is 3.75. The van der Waals surface area contributed by atoms with Crippen molar-refractivity contribution in [1.29, 1.82) is 0 Å². The van der Waals surface area contributed by atoms with Gasteiger partial charge in [-0.3, -0.25) is 0 Å². The molecule has 1 unspecified atom stereocenters. The molecule has 29 heavy (non-hydrogen) atoms. The van der Waals surface area contributed by atoms with E-state index in [1.54, 1.807) is 37.3 Å². The highest BCUT2D eigenvalue weighted by atomic mass is 32.2. The smallest absolute Gasteiger partial charge is 0.336 e. The molecule has 150 valence electrons. The number of carbonyl (C=O) groups excluding carboxylic acids is 1. The number of ether oxygens (including phenoxy) is 1. The number of hydrogen-bond acceptors (Lipinski definition) is 4. The van der Waals surface area contributed by atoms with Crippen LogP contribution in [0.15, 0.2) is 87.9 Å². The summed E-state index contributed by atoms with van der Waals surface area (Å²) in [5, 5.41) is 0. The van der Waals surface area contributed by atoms with Gasteiger partial charge in [0.25, 0.3) is 0 Å². The Morgan fingerprint density at radius 2 is 1.83 bits per heavy atom. The third-order valence-corrected chi connectivity index (χ3v) is 5.38. The predicted octanol–water partition coefficient (Wildman–Crippen LogP) is 4.59. The average Bonchev–Trinajstić information content (AvgIpc) is 3.26. The Morgan fingerprint density at radius 3 is 2.45 bits per heavy atom. The number of nitrogens with one attached hydrogen (secondary N) is 1. The van der Waals surface area contributed by atoms with E-state index >= 15 is 0 Å². The van der Waals surface area contributed by atoms with Crippen molar-refractivity contribution in [1.82, 2.24) is 4.72 Å². The molecule has 5 nitrogen and oxygen atoms in total. The summed E-state index contributed by atoms with van der Waals surface area (Å²) in [5.41, 5.74) is 2.22. The molecule has 0 aliphatic rings. The first kappa shape index (κ1) is 20.8. The van der Waals surface area contributed by atoms with Gasteiger partial charge in [0.15, 0.2) is 0 Å². The topological polar surface area (TPSA) is 68.5 Å². The van der Waals surface area contributed by atoms with E-state index in [9.17, 15) is 9.00 Å². The largest absolute Gasteiger partial charge is 0.467 e. The first-order valence-corrected chi connectivity index (χ1v) is 10.4. The Balaban J connectivity index is 2.00. The van der Waals surface area contributed by atoms with Gasteiger partial charge in [0, 0.05) is 0 Å². The lowest BCUT2D eigenvalue weighted by molar-refractivity contribution is -0.138. The maximum atomic E-state index is 13.0. The van der Waals surface area contributed by atoms with E-state index < -0.39 is 23.0 Å². The van der Waals surface area contributed by atoms with Crippen LogP contribution in [0.4, 0.5) is 0 Å². The normalized spacial score (nSPS) is 13.7. The highest BCUT2D eigenvalue weighted by molar-refractivity contribution is 7.83. The minimum absolute atomic E-state index is 0.233. The third-order valence-electron chi connectivity index (χ3n) is 4.23. The number of benzene rings is 2. The lowest BCUT2D eigenvalue weighted by Crippen LogP contribution is -2.29. The van der Waals surface area contributed by atoms with Crippen molar-refractivity contribution in [3.63, 3.8) is 0 Å². The summed E-state index contributed by atoms with van der Waals surface area (Å²) in [7, 11) is -1.56. The van der Waals surface area contributed by atoms with Crippen LogP contribution in [0.3, 0.4) is 0 Å². The van der Waals surface area contributed by atoms with Gasteiger partial charge < -0.3 is 9.15 Å². The zero-order chi connectivity index (χ0) is 20.6. The lowest BCUT2D eigenvalue weighted by atomic mass is 10.0. The molecule has 2 atom stereocenters. The van der Waals surface area contributed by atoms with Gasteiger partial charge in [-0.1, -0.05) is 48.0 Å². The fraction of sp³-hybridized carbons (Fsp3) is 0.174. The molecule has 0 aliphatic heterocycles. The summed E-state index contributed by atoms with van der Waals surface area (Å²) in [6.07, 6.45) is 3.24. The van der Waals surface area contributed by atoms with Crippen LogP contribution in [0.25, 0.3) is 6.08 Å². The quantitative estimate of drug-likeness (QED) is 0.436. The number of furan rings is 1. The first-order chi connectivity index (χ1) is 14.1. The van der Waals surface area contributed by atoms with Crippen molar-refractivity contribution >= 4 is 23.0 Å². The maximum Gasteiger partial charge on any atom is 0.336 e. The van der Waals surface area contributed by atoms with Crippen molar-refractivity contribution in [2.45, 2.75) is 24.8 Å². The van der Waals surface area contributed by atoms with Crippen LogP contribution in [-0.4, -0.2) is 16.8 Å². The number of hydrogen-bond donors (Lipinski definition) is 1. The molecule has 6 heteroatoms. The van der Waals surface area contributed by atoms with E-state index in [2.05, 4.69) is 4.72 Å². The SMILES string of the molecule is CCOC(=O)/C(=C\c1ccccc1)[C@@H](NS(=O)c1ccc(C)cc1)c1ccco1. The molecule has 0 saturated carbocycles. The molecular formula is C23H23NO4S. The van der Waals surface area contributed by atoms with Crippen LogP contribution in [-0.2, 0) is 20.5 Å². The number of aryl methyl sites for hydroxylation is 1. The molecule has 0 spiro atoms. The van der Waals surface area contributed by atoms with Gasteiger partial charge in [0.05, 0.1) is 23.3 Å². The van der Waals surface area contributed by atoms with Gasteiger partial charge in [-0.25, -0.2) is 13.7 Å². The molecule has 1 heterocycles. The average molecular weight is 410 g/mol. The van der Waals surface area contributed by atoms with Crippen molar-refractivity contribution in [3.05, 3.63) is 95.5 Å². The van der Waals surface area contributed by atoms with Crippen LogP contribution < -0.4 is 4.72 Å². The fourth-order valence-electron chi connectivity index (χ4n) is 2.77. The zero-order valence-corrected chi connectivity index (χ0v) is 17.1. The molecule has 1 N–H and O–H groups in total. The van der Waals surface area contributed by atoms with E-state index in [0.29, 0.717) is 16.2 Å². The van der Waals surface area contributed by atoms with Crippen LogP contribution in [0.1, 0.15) is 29.9 Å². The van der Waals surface area contributed by atoms with Crippen molar-refractivity contribution < 1.29 is 18.2 Å². The lowest BCUT2D eigenvalue weighted by Gasteiger charge is -2.19. The number of rotatable bonds is 8. The van der Waals surface area contributed by atoms with Gasteiger partial charge in [0.1, 0.15) is 22.8 Å². The molecule has 3 aromatic rings. The highest BCUT2D eigenvalue weighted by Crippen LogP contribution is 2.27. The van der Waals surface area contributed by atoms with Gasteiger partial charge in [-0.05, 0) is 49.8 Å². The zero-order valence-electron chi connectivity index (χ0n) is 16.3. The third kappa shape index (κ3) is 5.53. The second-order valence-electron chi connectivity index (χ2n) is 6.38. The molecule has 0 bridgehead atoms. The summed E-state index contributed by atoms with van der Waals surface area (Å²) < 4.78 is 26.8. The number of carbonyl (C=O) groups is 1. The monoisotopic (exact) mass is 409 g/mol. The Hall–Kier alpha value is -2.96. The van der Waals surface area contributed by atoms with Crippen molar-refractivity contribution in [2.24, 2.45) is 0 Å². The maximum absolute atomic E-state index is 13.0. The second-order valence-corrected chi connectivity index (χ2v) is 7.62. The summed E-state index contributed by atoms with van der Waals surface area (Å²) in [6, 6.07) is 19.5. The predicted molar refractivity (Wildman–Crippen MR) is 113 cm³/mol. The molecule has 3 rings (SSSR count). The standard InChI is InChI=1S/C23H23NO4S/c1-3-27-23(25)20(16-18-8-5-4-6-9-18)22(21-10-7-15-28-21)24-29(26)19-13-11-17(2)12-14-19/h4-16,22,24H,3H2,1-2H3/b20-16-/t22-,29?/m1/s1. The van der Waals surface area contributed by atoms with E-state index in [4.69, 9.17) is 9.15 Å². The molecule has 1 aromatic heterocycles. The summed E-state index contributed by atoms with van der Waals surface area (Å²) in [6.45, 7) is 3.95. The van der Waals surface area contributed by atoms with Gasteiger partial charge in [-0.15, -0.1) is 0 Å². The van der Waals surface area contributed by atoms with E-state index in [1.807, 2.05) is 49.4 Å². The van der Waals surface area contributed by atoms with E-state index in [-0.39, 0.29) is 6.61 Å². The van der Waals surface area contributed by atoms with Gasteiger partial charge in [-0.2, -0.15) is 0 Å². The summed E-state index contributed by atoms with van der Waals surface area (Å²) >= 11 is 0. The first-order valence-electron chi connectivity index (χ1n) is 9.30. The van der Waals surface area contributed by atoms with Crippen molar-refractivity contribution in [3.8, 4) is 0 Å². The number of esters is 1. The van der Waals surface area contributed by atoms with Crippen LogP contribution in [0.5, 0.6) is 0 Å². The van der Waals surface area contributed by atoms with Crippen LogP contribution in [0.2, 0.25) is 0 Å². The van der Waals surface area contributed by atoms with Crippen LogP contribution >= 0.6 is 0 Å². The molecular weight excluding hydrogens is 386 g/mol.